The average Bonchev–Trinajstić information content (AvgIpc) is 2.49. The van der Waals surface area contributed by atoms with Gasteiger partial charge in [0.2, 0.25) is 5.91 Å². The third kappa shape index (κ3) is 4.24. The summed E-state index contributed by atoms with van der Waals surface area (Å²) < 4.78 is 5.11. The summed E-state index contributed by atoms with van der Waals surface area (Å²) in [6, 6.07) is 7.96. The summed E-state index contributed by atoms with van der Waals surface area (Å²) in [6.07, 6.45) is 2.95. The van der Waals surface area contributed by atoms with E-state index in [9.17, 15) is 4.79 Å². The van der Waals surface area contributed by atoms with Gasteiger partial charge in [-0.15, -0.1) is 0 Å². The van der Waals surface area contributed by atoms with Crippen molar-refractivity contribution in [3.63, 3.8) is 0 Å². The zero-order chi connectivity index (χ0) is 13.5. The third-order valence-electron chi connectivity index (χ3n) is 3.54. The Morgan fingerprint density at radius 3 is 2.84 bits per heavy atom. The number of carbonyl (C=O) groups excluding carboxylic acids is 1. The lowest BCUT2D eigenvalue weighted by molar-refractivity contribution is -0.125. The van der Waals surface area contributed by atoms with E-state index in [1.54, 1.807) is 7.11 Å². The van der Waals surface area contributed by atoms with E-state index in [1.165, 1.54) is 5.56 Å². The molecule has 0 unspecified atom stereocenters. The van der Waals surface area contributed by atoms with Crippen molar-refractivity contribution in [2.24, 2.45) is 5.92 Å². The quantitative estimate of drug-likeness (QED) is 0.842. The highest BCUT2D eigenvalue weighted by Gasteiger charge is 2.19. The maximum absolute atomic E-state index is 11.9. The predicted molar refractivity (Wildman–Crippen MR) is 75.3 cm³/mol. The fraction of sp³-hybridized carbons (Fsp3) is 0.533. The van der Waals surface area contributed by atoms with Gasteiger partial charge >= 0.3 is 0 Å². The molecule has 1 atom stereocenters. The highest BCUT2D eigenvalue weighted by atomic mass is 16.5. The van der Waals surface area contributed by atoms with Gasteiger partial charge in [-0.2, -0.15) is 0 Å². The van der Waals surface area contributed by atoms with Gasteiger partial charge in [0.05, 0.1) is 13.0 Å². The molecule has 1 fully saturated rings. The van der Waals surface area contributed by atoms with Gasteiger partial charge in [0.25, 0.3) is 0 Å². The lowest BCUT2D eigenvalue weighted by atomic mass is 9.99. The molecule has 0 spiro atoms. The molecule has 0 saturated carbocycles. The minimum atomic E-state index is 0.143. The Hall–Kier alpha value is -1.55. The SMILES string of the molecule is COc1ccc(CCNC(=O)[C@@H]2CCCNC2)cc1. The van der Waals surface area contributed by atoms with Gasteiger partial charge < -0.3 is 15.4 Å². The first-order valence-electron chi connectivity index (χ1n) is 6.91. The van der Waals surface area contributed by atoms with E-state index in [0.717, 1.165) is 38.1 Å². The first-order valence-corrected chi connectivity index (χ1v) is 6.91. The van der Waals surface area contributed by atoms with Crippen LogP contribution < -0.4 is 15.4 Å². The molecule has 1 aliphatic heterocycles. The molecule has 4 heteroatoms. The molecule has 1 heterocycles. The van der Waals surface area contributed by atoms with Crippen LogP contribution in [0.15, 0.2) is 24.3 Å². The number of benzene rings is 1. The molecule has 1 aromatic rings. The molecular formula is C15H22N2O2. The first kappa shape index (κ1) is 13.9. The number of methoxy groups -OCH3 is 1. The minimum absolute atomic E-state index is 0.143. The number of piperidine rings is 1. The number of amides is 1. The number of hydrogen-bond acceptors (Lipinski definition) is 3. The number of rotatable bonds is 5. The smallest absolute Gasteiger partial charge is 0.224 e. The van der Waals surface area contributed by atoms with Crippen molar-refractivity contribution >= 4 is 5.91 Å². The maximum Gasteiger partial charge on any atom is 0.224 e. The topological polar surface area (TPSA) is 50.4 Å². The largest absolute Gasteiger partial charge is 0.497 e. The zero-order valence-corrected chi connectivity index (χ0v) is 11.4. The molecule has 2 rings (SSSR count). The third-order valence-corrected chi connectivity index (χ3v) is 3.54. The van der Waals surface area contributed by atoms with E-state index < -0.39 is 0 Å². The van der Waals surface area contributed by atoms with Gasteiger partial charge in [-0.25, -0.2) is 0 Å². The Balaban J connectivity index is 1.71. The highest BCUT2D eigenvalue weighted by Crippen LogP contribution is 2.12. The summed E-state index contributed by atoms with van der Waals surface area (Å²) in [5.41, 5.74) is 1.21. The summed E-state index contributed by atoms with van der Waals surface area (Å²) in [4.78, 5) is 11.9. The Morgan fingerprint density at radius 1 is 1.42 bits per heavy atom. The average molecular weight is 262 g/mol. The van der Waals surface area contributed by atoms with Crippen molar-refractivity contribution in [3.05, 3.63) is 29.8 Å². The van der Waals surface area contributed by atoms with Crippen molar-refractivity contribution in [2.75, 3.05) is 26.7 Å². The molecule has 1 saturated heterocycles. The van der Waals surface area contributed by atoms with Crippen LogP contribution in [0.3, 0.4) is 0 Å². The molecule has 1 aromatic carbocycles. The van der Waals surface area contributed by atoms with Crippen LogP contribution in [0.1, 0.15) is 18.4 Å². The Kier molecular flexibility index (Phi) is 5.21. The molecule has 0 radical (unpaired) electrons. The van der Waals surface area contributed by atoms with Gasteiger partial charge in [0, 0.05) is 13.1 Å². The van der Waals surface area contributed by atoms with Crippen LogP contribution in [0.5, 0.6) is 5.75 Å². The van der Waals surface area contributed by atoms with Gasteiger partial charge in [-0.1, -0.05) is 12.1 Å². The molecule has 0 bridgehead atoms. The summed E-state index contributed by atoms with van der Waals surface area (Å²) in [5.74, 6) is 1.19. The van der Waals surface area contributed by atoms with E-state index in [0.29, 0.717) is 6.54 Å². The molecular weight excluding hydrogens is 240 g/mol. The molecule has 1 aliphatic rings. The fourth-order valence-electron chi connectivity index (χ4n) is 2.34. The van der Waals surface area contributed by atoms with Crippen LogP contribution in [-0.2, 0) is 11.2 Å². The fourth-order valence-corrected chi connectivity index (χ4v) is 2.34. The second-order valence-electron chi connectivity index (χ2n) is 4.93. The molecule has 0 aliphatic carbocycles. The van der Waals surface area contributed by atoms with Gasteiger partial charge in [-0.3, -0.25) is 4.79 Å². The van der Waals surface area contributed by atoms with Crippen LogP contribution >= 0.6 is 0 Å². The van der Waals surface area contributed by atoms with Crippen molar-refractivity contribution in [2.45, 2.75) is 19.3 Å². The van der Waals surface area contributed by atoms with Crippen LogP contribution in [0.4, 0.5) is 0 Å². The number of ether oxygens (including phenoxy) is 1. The van der Waals surface area contributed by atoms with E-state index in [1.807, 2.05) is 24.3 Å². The second-order valence-corrected chi connectivity index (χ2v) is 4.93. The molecule has 4 nitrogen and oxygen atoms in total. The molecule has 104 valence electrons. The molecule has 0 aromatic heterocycles. The standard InChI is InChI=1S/C15H22N2O2/c1-19-14-6-4-12(5-7-14)8-10-17-15(18)13-3-2-9-16-11-13/h4-7,13,16H,2-3,8-11H2,1H3,(H,17,18)/t13-/m1/s1. The van der Waals surface area contributed by atoms with Crippen molar-refractivity contribution in [1.29, 1.82) is 0 Å². The van der Waals surface area contributed by atoms with Crippen LogP contribution in [-0.4, -0.2) is 32.7 Å². The summed E-state index contributed by atoms with van der Waals surface area (Å²) in [6.45, 7) is 2.55. The Bertz CT molecular complexity index is 397. The van der Waals surface area contributed by atoms with Gasteiger partial charge in [0.1, 0.15) is 5.75 Å². The lowest BCUT2D eigenvalue weighted by Gasteiger charge is -2.21. The lowest BCUT2D eigenvalue weighted by Crippen LogP contribution is -2.41. The molecule has 19 heavy (non-hydrogen) atoms. The van der Waals surface area contributed by atoms with Crippen LogP contribution in [0.2, 0.25) is 0 Å². The van der Waals surface area contributed by atoms with Crippen molar-refractivity contribution in [3.8, 4) is 5.75 Å². The number of hydrogen-bond donors (Lipinski definition) is 2. The molecule has 2 N–H and O–H groups in total. The monoisotopic (exact) mass is 262 g/mol. The van der Waals surface area contributed by atoms with Crippen molar-refractivity contribution < 1.29 is 9.53 Å². The Morgan fingerprint density at radius 2 is 2.21 bits per heavy atom. The summed E-state index contributed by atoms with van der Waals surface area (Å²) >= 11 is 0. The normalized spacial score (nSPS) is 18.9. The van der Waals surface area contributed by atoms with E-state index in [2.05, 4.69) is 10.6 Å². The predicted octanol–water partition coefficient (Wildman–Crippen LogP) is 1.35. The zero-order valence-electron chi connectivity index (χ0n) is 11.4. The number of nitrogens with one attached hydrogen (secondary N) is 2. The molecule has 1 amide bonds. The van der Waals surface area contributed by atoms with Crippen LogP contribution in [0.25, 0.3) is 0 Å². The first-order chi connectivity index (χ1) is 9.29. The second kappa shape index (κ2) is 7.14. The highest BCUT2D eigenvalue weighted by molar-refractivity contribution is 5.78. The number of carbonyl (C=O) groups is 1. The summed E-state index contributed by atoms with van der Waals surface area (Å²) in [7, 11) is 1.66. The Labute approximate surface area is 114 Å². The van der Waals surface area contributed by atoms with E-state index >= 15 is 0 Å². The van der Waals surface area contributed by atoms with Crippen molar-refractivity contribution in [1.82, 2.24) is 10.6 Å². The van der Waals surface area contributed by atoms with E-state index in [4.69, 9.17) is 4.74 Å². The summed E-state index contributed by atoms with van der Waals surface area (Å²) in [5, 5.41) is 6.28. The van der Waals surface area contributed by atoms with Gasteiger partial charge in [-0.05, 0) is 43.5 Å². The van der Waals surface area contributed by atoms with Gasteiger partial charge in [0.15, 0.2) is 0 Å². The minimum Gasteiger partial charge on any atom is -0.497 e. The van der Waals surface area contributed by atoms with Crippen LogP contribution in [0, 0.1) is 5.92 Å². The van der Waals surface area contributed by atoms with E-state index in [-0.39, 0.29) is 11.8 Å². The maximum atomic E-state index is 11.9.